The summed E-state index contributed by atoms with van der Waals surface area (Å²) in [5.74, 6) is 0. The fraction of sp³-hybridized carbons (Fsp3) is 0.600. The monoisotopic (exact) mass is 231 g/mol. The maximum absolute atomic E-state index is 10.1. The molecular weight excluding hydrogens is 210 g/mol. The second kappa shape index (κ2) is 3.33. The van der Waals surface area contributed by atoms with Crippen molar-refractivity contribution in [2.75, 3.05) is 6.54 Å². The first kappa shape index (κ1) is 11.2. The third-order valence-electron chi connectivity index (χ3n) is 5.49. The largest absolute Gasteiger partial charge is 0.314 e. The van der Waals surface area contributed by atoms with Gasteiger partial charge in [0.25, 0.3) is 0 Å². The van der Waals surface area contributed by atoms with E-state index in [1.165, 1.54) is 11.1 Å². The second-order valence-corrected chi connectivity index (χ2v) is 6.33. The highest BCUT2D eigenvalue weighted by Gasteiger charge is 2.56. The fourth-order valence-electron chi connectivity index (χ4n) is 3.88. The van der Waals surface area contributed by atoms with E-state index in [0.29, 0.717) is 0 Å². The van der Waals surface area contributed by atoms with Gasteiger partial charge in [-0.25, -0.2) is 0 Å². The van der Waals surface area contributed by atoms with Crippen molar-refractivity contribution in [2.24, 2.45) is 5.41 Å². The minimum Gasteiger partial charge on any atom is -0.314 e. The molecular formula is C15H21NO. The van der Waals surface area contributed by atoms with Crippen LogP contribution in [-0.2, 0) is 11.8 Å². The van der Waals surface area contributed by atoms with Crippen LogP contribution >= 0.6 is 0 Å². The summed E-state index contributed by atoms with van der Waals surface area (Å²) in [6.07, 6.45) is 2.06. The Balaban J connectivity index is 2.18. The van der Waals surface area contributed by atoms with Crippen molar-refractivity contribution in [2.45, 2.75) is 45.1 Å². The van der Waals surface area contributed by atoms with Crippen molar-refractivity contribution >= 4 is 0 Å². The van der Waals surface area contributed by atoms with Gasteiger partial charge in [-0.1, -0.05) is 45.0 Å². The highest BCUT2D eigenvalue weighted by atomic mass is 16.5. The predicted octanol–water partition coefficient (Wildman–Crippen LogP) is 2.99. The minimum atomic E-state index is 0.129. The SMILES string of the molecule is CC1(C)c2ccccc2C[C@@H]2N(O)CC[C@]21C. The Morgan fingerprint density at radius 2 is 1.94 bits per heavy atom. The molecule has 0 aromatic heterocycles. The van der Waals surface area contributed by atoms with Crippen LogP contribution in [0.4, 0.5) is 0 Å². The van der Waals surface area contributed by atoms with Gasteiger partial charge in [0.05, 0.1) is 0 Å². The van der Waals surface area contributed by atoms with Crippen LogP contribution in [0.3, 0.4) is 0 Å². The fourth-order valence-corrected chi connectivity index (χ4v) is 3.88. The van der Waals surface area contributed by atoms with Crippen LogP contribution in [0.25, 0.3) is 0 Å². The first-order valence-corrected chi connectivity index (χ1v) is 6.51. The molecule has 1 aromatic rings. The molecule has 1 heterocycles. The maximum Gasteiger partial charge on any atom is 0.0453 e. The molecule has 1 aliphatic heterocycles. The number of rotatable bonds is 0. The lowest BCUT2D eigenvalue weighted by atomic mass is 9.54. The zero-order valence-electron chi connectivity index (χ0n) is 10.9. The molecule has 1 N–H and O–H groups in total. The standard InChI is InChI=1S/C15H21NO/c1-14(2)12-7-5-4-6-11(12)10-13-15(14,3)8-9-16(13)17/h4-7,13,17H,8-10H2,1-3H3/t13-,15+/m0/s1. The molecule has 1 aromatic carbocycles. The van der Waals surface area contributed by atoms with Gasteiger partial charge >= 0.3 is 0 Å². The summed E-state index contributed by atoms with van der Waals surface area (Å²) in [4.78, 5) is 0. The van der Waals surface area contributed by atoms with E-state index >= 15 is 0 Å². The zero-order chi connectivity index (χ0) is 12.3. The Bertz CT molecular complexity index is 454. The molecule has 0 spiro atoms. The molecule has 1 fully saturated rings. The molecule has 1 saturated heterocycles. The molecule has 0 saturated carbocycles. The van der Waals surface area contributed by atoms with Crippen molar-refractivity contribution in [3.8, 4) is 0 Å². The van der Waals surface area contributed by atoms with Gasteiger partial charge in [0.2, 0.25) is 0 Å². The lowest BCUT2D eigenvalue weighted by Crippen LogP contribution is -2.52. The van der Waals surface area contributed by atoms with Crippen LogP contribution in [0.1, 0.15) is 38.3 Å². The van der Waals surface area contributed by atoms with E-state index in [2.05, 4.69) is 45.0 Å². The van der Waals surface area contributed by atoms with E-state index in [0.717, 1.165) is 19.4 Å². The van der Waals surface area contributed by atoms with E-state index in [9.17, 15) is 5.21 Å². The van der Waals surface area contributed by atoms with Crippen LogP contribution in [0.2, 0.25) is 0 Å². The van der Waals surface area contributed by atoms with Crippen molar-refractivity contribution in [1.82, 2.24) is 5.06 Å². The summed E-state index contributed by atoms with van der Waals surface area (Å²) < 4.78 is 0. The number of hydrogen-bond acceptors (Lipinski definition) is 2. The number of hydroxylamine groups is 2. The molecule has 2 nitrogen and oxygen atoms in total. The molecule has 17 heavy (non-hydrogen) atoms. The van der Waals surface area contributed by atoms with Gasteiger partial charge < -0.3 is 5.21 Å². The Morgan fingerprint density at radius 3 is 2.71 bits per heavy atom. The van der Waals surface area contributed by atoms with Gasteiger partial charge in [-0.2, -0.15) is 5.06 Å². The Kier molecular flexibility index (Phi) is 2.20. The molecule has 0 unspecified atom stereocenters. The normalized spacial score (nSPS) is 35.4. The molecule has 0 amide bonds. The summed E-state index contributed by atoms with van der Waals surface area (Å²) in [5, 5.41) is 11.6. The number of fused-ring (bicyclic) bond motifs is 2. The highest BCUT2D eigenvalue weighted by molar-refractivity contribution is 5.40. The molecule has 1 aliphatic carbocycles. The predicted molar refractivity (Wildman–Crippen MR) is 68.2 cm³/mol. The van der Waals surface area contributed by atoms with Crippen LogP contribution in [0.5, 0.6) is 0 Å². The minimum absolute atomic E-state index is 0.129. The van der Waals surface area contributed by atoms with Gasteiger partial charge in [0, 0.05) is 12.6 Å². The number of hydrogen-bond donors (Lipinski definition) is 1. The van der Waals surface area contributed by atoms with Gasteiger partial charge in [-0.05, 0) is 34.8 Å². The van der Waals surface area contributed by atoms with Crippen molar-refractivity contribution in [1.29, 1.82) is 0 Å². The van der Waals surface area contributed by atoms with Crippen LogP contribution < -0.4 is 0 Å². The second-order valence-electron chi connectivity index (χ2n) is 6.33. The Hall–Kier alpha value is -0.860. The average Bonchev–Trinajstić information content (AvgIpc) is 2.59. The first-order chi connectivity index (χ1) is 7.97. The number of nitrogens with zero attached hydrogens (tertiary/aromatic N) is 1. The van der Waals surface area contributed by atoms with Crippen LogP contribution in [-0.4, -0.2) is 22.9 Å². The lowest BCUT2D eigenvalue weighted by molar-refractivity contribution is -0.127. The Morgan fingerprint density at radius 1 is 1.24 bits per heavy atom. The van der Waals surface area contributed by atoms with E-state index in [1.807, 2.05) is 0 Å². The van der Waals surface area contributed by atoms with Crippen molar-refractivity contribution in [3.05, 3.63) is 35.4 Å². The summed E-state index contributed by atoms with van der Waals surface area (Å²) in [5.41, 5.74) is 3.18. The van der Waals surface area contributed by atoms with Gasteiger partial charge in [0.15, 0.2) is 0 Å². The summed E-state index contributed by atoms with van der Waals surface area (Å²) in [6, 6.07) is 8.98. The summed E-state index contributed by atoms with van der Waals surface area (Å²) in [6.45, 7) is 7.80. The van der Waals surface area contributed by atoms with Gasteiger partial charge in [0.1, 0.15) is 0 Å². The molecule has 0 radical (unpaired) electrons. The van der Waals surface area contributed by atoms with E-state index in [1.54, 1.807) is 5.06 Å². The average molecular weight is 231 g/mol. The van der Waals surface area contributed by atoms with Crippen LogP contribution in [0, 0.1) is 5.41 Å². The third kappa shape index (κ3) is 1.28. The van der Waals surface area contributed by atoms with Gasteiger partial charge in [-0.15, -0.1) is 0 Å². The highest BCUT2D eigenvalue weighted by Crippen LogP contribution is 2.55. The van der Waals surface area contributed by atoms with Crippen LogP contribution in [0.15, 0.2) is 24.3 Å². The molecule has 92 valence electrons. The molecule has 3 rings (SSSR count). The molecule has 0 bridgehead atoms. The molecule has 2 heteroatoms. The van der Waals surface area contributed by atoms with Crippen molar-refractivity contribution < 1.29 is 5.21 Å². The topological polar surface area (TPSA) is 23.5 Å². The number of benzene rings is 1. The maximum atomic E-state index is 10.1. The quantitative estimate of drug-likeness (QED) is 0.742. The smallest absolute Gasteiger partial charge is 0.0453 e. The molecule has 2 aliphatic rings. The van der Waals surface area contributed by atoms with E-state index in [4.69, 9.17) is 0 Å². The zero-order valence-corrected chi connectivity index (χ0v) is 10.9. The Labute approximate surface area is 103 Å². The third-order valence-corrected chi connectivity index (χ3v) is 5.49. The summed E-state index contributed by atoms with van der Waals surface area (Å²) >= 11 is 0. The molecule has 2 atom stereocenters. The van der Waals surface area contributed by atoms with Gasteiger partial charge in [-0.3, -0.25) is 0 Å². The first-order valence-electron chi connectivity index (χ1n) is 6.51. The van der Waals surface area contributed by atoms with Crippen molar-refractivity contribution in [3.63, 3.8) is 0 Å². The van der Waals surface area contributed by atoms with E-state index < -0.39 is 0 Å². The van der Waals surface area contributed by atoms with E-state index in [-0.39, 0.29) is 16.9 Å². The lowest BCUT2D eigenvalue weighted by Gasteiger charge is -2.51. The summed E-state index contributed by atoms with van der Waals surface area (Å²) in [7, 11) is 0.